The number of ether oxygens (including phenoxy) is 2. The van der Waals surface area contributed by atoms with Gasteiger partial charge in [-0.3, -0.25) is 18.6 Å². The molecule has 0 saturated heterocycles. The van der Waals surface area contributed by atoms with Gasteiger partial charge in [0.2, 0.25) is 0 Å². The van der Waals surface area contributed by atoms with Gasteiger partial charge >= 0.3 is 19.8 Å². The highest BCUT2D eigenvalue weighted by molar-refractivity contribution is 7.47. The molecule has 1 aliphatic carbocycles. The van der Waals surface area contributed by atoms with Crippen LogP contribution in [0.5, 0.6) is 0 Å². The summed E-state index contributed by atoms with van der Waals surface area (Å²) in [7, 11) is -5.14. The second kappa shape index (κ2) is 42.0. The fourth-order valence-corrected chi connectivity index (χ4v) is 8.14. The predicted octanol–water partition coefficient (Wildman–Crippen LogP) is 10.8. The van der Waals surface area contributed by atoms with E-state index < -0.39 is 75.7 Å². The summed E-state index contributed by atoms with van der Waals surface area (Å²) >= 11 is 0. The Bertz CT molecular complexity index is 1490. The highest BCUT2D eigenvalue weighted by atomic mass is 31.2. The van der Waals surface area contributed by atoms with Crippen molar-refractivity contribution in [3.8, 4) is 0 Å². The van der Waals surface area contributed by atoms with Crippen molar-refractivity contribution in [1.29, 1.82) is 0 Å². The van der Waals surface area contributed by atoms with Gasteiger partial charge in [0, 0.05) is 12.8 Å². The monoisotopic (exact) mass is 965 g/mol. The maximum atomic E-state index is 12.8. The molecule has 13 nitrogen and oxygen atoms in total. The second-order valence-electron chi connectivity index (χ2n) is 17.3. The third-order valence-electron chi connectivity index (χ3n) is 11.2. The third-order valence-corrected chi connectivity index (χ3v) is 12.2. The molecule has 0 radical (unpaired) electrons. The van der Waals surface area contributed by atoms with E-state index in [1.807, 2.05) is 0 Å². The Hall–Kier alpha value is -2.97. The van der Waals surface area contributed by atoms with Crippen LogP contribution >= 0.6 is 7.82 Å². The fourth-order valence-electron chi connectivity index (χ4n) is 7.17. The van der Waals surface area contributed by atoms with Crippen LogP contribution in [-0.2, 0) is 32.7 Å². The fraction of sp³-hybridized carbons (Fsp3) is 0.698. The number of unbranched alkanes of at least 4 members (excludes halogenated alkanes) is 15. The van der Waals surface area contributed by atoms with Crippen LogP contribution < -0.4 is 0 Å². The van der Waals surface area contributed by atoms with Crippen molar-refractivity contribution >= 4 is 19.8 Å². The summed E-state index contributed by atoms with van der Waals surface area (Å²) in [5.41, 5.74) is 0. The first kappa shape index (κ1) is 62.0. The van der Waals surface area contributed by atoms with E-state index in [0.29, 0.717) is 12.8 Å². The molecule has 1 fully saturated rings. The molecule has 0 aliphatic heterocycles. The predicted molar refractivity (Wildman–Crippen MR) is 267 cm³/mol. The number of aliphatic hydroxyl groups is 5. The van der Waals surface area contributed by atoms with E-state index in [4.69, 9.17) is 18.5 Å². The van der Waals surface area contributed by atoms with E-state index in [0.717, 1.165) is 89.9 Å². The molecule has 0 amide bonds. The highest BCUT2D eigenvalue weighted by Crippen LogP contribution is 2.47. The zero-order valence-electron chi connectivity index (χ0n) is 40.9. The molecular formula is C53H89O13P. The van der Waals surface area contributed by atoms with Crippen molar-refractivity contribution < 1.29 is 63.1 Å². The summed E-state index contributed by atoms with van der Waals surface area (Å²) in [4.78, 5) is 35.8. The van der Waals surface area contributed by atoms with E-state index in [1.54, 1.807) is 0 Å². The Labute approximate surface area is 403 Å². The average Bonchev–Trinajstić information content (AvgIpc) is 3.31. The number of phosphoric acid groups is 1. The lowest BCUT2D eigenvalue weighted by Crippen LogP contribution is -2.64. The zero-order chi connectivity index (χ0) is 49.2. The minimum absolute atomic E-state index is 0.0522. The van der Waals surface area contributed by atoms with Crippen molar-refractivity contribution in [2.75, 3.05) is 13.2 Å². The molecule has 0 spiro atoms. The lowest BCUT2D eigenvalue weighted by molar-refractivity contribution is -0.220. The number of hydrogen-bond donors (Lipinski definition) is 6. The van der Waals surface area contributed by atoms with Crippen LogP contribution in [0.3, 0.4) is 0 Å². The standard InChI is InChI=1S/C53H89O13P/c1-3-5-7-9-11-13-15-17-19-21-23-25-27-29-31-33-35-37-39-41-46(54)63-43-45(44-64-67(61,62)66-53-51(59)49(57)48(56)50(58)52(53)60)65-47(55)42-40-38-36-34-32-30-28-26-24-22-20-18-16-14-12-10-8-6-4-2/h6,8,11-14,17-20,24,26,30,32,45,48-53,56-60H,3-5,7,9-10,15-16,21-23,25,27-29,31,33-44H2,1-2H3,(H,61,62)/b8-6+,13-11+,14-12+,19-17+,20-18+,26-24+,32-30+/t45-,48?,49-,50?,51?,52?,53?/m0/s1. The Morgan fingerprint density at radius 1 is 0.478 bits per heavy atom. The van der Waals surface area contributed by atoms with Crippen LogP contribution in [0.15, 0.2) is 85.1 Å². The Morgan fingerprint density at radius 3 is 1.31 bits per heavy atom. The molecule has 8 atom stereocenters. The summed E-state index contributed by atoms with van der Waals surface area (Å²) in [6.07, 6.45) is 41.9. The van der Waals surface area contributed by atoms with Crippen LogP contribution in [0, 0.1) is 0 Å². The van der Waals surface area contributed by atoms with Crippen LogP contribution in [-0.4, -0.2) is 98.3 Å². The third kappa shape index (κ3) is 34.1. The van der Waals surface area contributed by atoms with E-state index in [2.05, 4.69) is 98.9 Å². The minimum Gasteiger partial charge on any atom is -0.462 e. The molecule has 1 rings (SSSR count). The number of allylic oxidation sites excluding steroid dienone is 14. The Kier molecular flexibility index (Phi) is 38.9. The lowest BCUT2D eigenvalue weighted by atomic mass is 9.85. The lowest BCUT2D eigenvalue weighted by Gasteiger charge is -2.41. The van der Waals surface area contributed by atoms with Gasteiger partial charge in [0.1, 0.15) is 43.2 Å². The molecule has 14 heteroatoms. The summed E-state index contributed by atoms with van der Waals surface area (Å²) in [5, 5.41) is 50.3. The van der Waals surface area contributed by atoms with Gasteiger partial charge in [0.25, 0.3) is 0 Å². The molecule has 1 saturated carbocycles. The number of rotatable bonds is 41. The van der Waals surface area contributed by atoms with Crippen LogP contribution in [0.2, 0.25) is 0 Å². The largest absolute Gasteiger partial charge is 0.472 e. The van der Waals surface area contributed by atoms with Gasteiger partial charge in [-0.05, 0) is 89.9 Å². The second-order valence-corrected chi connectivity index (χ2v) is 18.7. The quantitative estimate of drug-likeness (QED) is 0.0146. The topological polar surface area (TPSA) is 210 Å². The van der Waals surface area contributed by atoms with Crippen molar-refractivity contribution in [3.05, 3.63) is 85.1 Å². The summed E-state index contributed by atoms with van der Waals surface area (Å²) in [6.45, 7) is 3.14. The zero-order valence-corrected chi connectivity index (χ0v) is 41.8. The van der Waals surface area contributed by atoms with E-state index in [-0.39, 0.29) is 12.8 Å². The maximum absolute atomic E-state index is 12.8. The number of phosphoric ester groups is 1. The van der Waals surface area contributed by atoms with E-state index in [1.165, 1.54) is 51.4 Å². The number of carbonyl (C=O) groups is 2. The van der Waals surface area contributed by atoms with Crippen molar-refractivity contribution in [1.82, 2.24) is 0 Å². The molecule has 1 aliphatic rings. The SMILES string of the molecule is CC/C=C/C/C=C/C/C=C/C/C=C/C/C=C/CCCCCC(=O)O[C@@H](COC(=O)CCCCCCCCCCC/C=C/C/C=C/CCCCC)COP(=O)(O)OC1C(O)C(O)C(O)[C@H](O)C1O. The summed E-state index contributed by atoms with van der Waals surface area (Å²) in [6, 6.07) is 0. The number of esters is 2. The molecule has 67 heavy (non-hydrogen) atoms. The molecule has 0 aromatic carbocycles. The first-order valence-electron chi connectivity index (χ1n) is 25.4. The van der Waals surface area contributed by atoms with Gasteiger partial charge in [0.05, 0.1) is 6.61 Å². The Balaban J connectivity index is 2.44. The van der Waals surface area contributed by atoms with Crippen molar-refractivity contribution in [3.63, 3.8) is 0 Å². The van der Waals surface area contributed by atoms with Gasteiger partial charge in [0.15, 0.2) is 6.10 Å². The minimum atomic E-state index is -5.14. The van der Waals surface area contributed by atoms with Gasteiger partial charge in [-0.1, -0.05) is 163 Å². The van der Waals surface area contributed by atoms with Gasteiger partial charge in [-0.15, -0.1) is 0 Å². The first-order valence-corrected chi connectivity index (χ1v) is 26.9. The highest BCUT2D eigenvalue weighted by Gasteiger charge is 2.51. The molecule has 6 unspecified atom stereocenters. The summed E-state index contributed by atoms with van der Waals surface area (Å²) in [5.74, 6) is -1.15. The van der Waals surface area contributed by atoms with Crippen LogP contribution in [0.25, 0.3) is 0 Å². The van der Waals surface area contributed by atoms with Gasteiger partial charge in [-0.2, -0.15) is 0 Å². The number of aliphatic hydroxyl groups excluding tert-OH is 5. The van der Waals surface area contributed by atoms with Gasteiger partial charge in [-0.25, -0.2) is 4.57 Å². The Morgan fingerprint density at radius 2 is 0.851 bits per heavy atom. The summed E-state index contributed by atoms with van der Waals surface area (Å²) < 4.78 is 33.6. The first-order chi connectivity index (χ1) is 32.4. The number of carbonyl (C=O) groups excluding carboxylic acids is 2. The smallest absolute Gasteiger partial charge is 0.462 e. The van der Waals surface area contributed by atoms with Crippen molar-refractivity contribution in [2.45, 2.75) is 224 Å². The average molecular weight is 965 g/mol. The molecule has 6 N–H and O–H groups in total. The normalized spacial score (nSPS) is 21.9. The van der Waals surface area contributed by atoms with Gasteiger partial charge < -0.3 is 39.9 Å². The van der Waals surface area contributed by atoms with Crippen molar-refractivity contribution in [2.24, 2.45) is 0 Å². The molecule has 0 heterocycles. The molecule has 384 valence electrons. The van der Waals surface area contributed by atoms with E-state index in [9.17, 15) is 44.6 Å². The van der Waals surface area contributed by atoms with Crippen LogP contribution in [0.1, 0.15) is 181 Å². The van der Waals surface area contributed by atoms with E-state index >= 15 is 0 Å². The van der Waals surface area contributed by atoms with Crippen LogP contribution in [0.4, 0.5) is 0 Å². The number of hydrogen-bond acceptors (Lipinski definition) is 12. The molecule has 0 aromatic heterocycles. The molecular weight excluding hydrogens is 876 g/mol. The molecule has 0 aromatic rings. The molecule has 0 bridgehead atoms. The maximum Gasteiger partial charge on any atom is 0.472 e.